The van der Waals surface area contributed by atoms with Gasteiger partial charge in [-0.25, -0.2) is 8.78 Å². The first-order valence-corrected chi connectivity index (χ1v) is 20.6. The van der Waals surface area contributed by atoms with E-state index in [-0.39, 0.29) is 23.8 Å². The highest BCUT2D eigenvalue weighted by Crippen LogP contribution is 2.32. The Kier molecular flexibility index (Phi) is 11.2. The summed E-state index contributed by atoms with van der Waals surface area (Å²) in [5, 5.41) is 22.7. The topological polar surface area (TPSA) is 150 Å². The van der Waals surface area contributed by atoms with Crippen molar-refractivity contribution in [2.24, 2.45) is 7.05 Å². The third-order valence-corrected chi connectivity index (χ3v) is 11.7. The highest BCUT2D eigenvalue weighted by atomic mass is 19.1. The molecule has 3 fully saturated rings. The number of carbonyl (C=O) groups excluding carboxylic acids is 3. The molecule has 0 aliphatic carbocycles. The number of nitrogens with one attached hydrogen (secondary N) is 4. The van der Waals surface area contributed by atoms with Gasteiger partial charge >= 0.3 is 0 Å². The number of halogens is 2. The summed E-state index contributed by atoms with van der Waals surface area (Å²) >= 11 is 0. The number of rotatable bonds is 9. The molecule has 4 N–H and O–H groups in total. The molecule has 1 unspecified atom stereocenters. The van der Waals surface area contributed by atoms with Crippen molar-refractivity contribution in [2.75, 3.05) is 61.5 Å². The Morgan fingerprint density at radius 2 is 1.72 bits per heavy atom. The van der Waals surface area contributed by atoms with Crippen molar-refractivity contribution in [2.45, 2.75) is 44.1 Å². The molecule has 1 atom stereocenters. The number of hydrogen-bond acceptors (Lipinski definition) is 9. The maximum Gasteiger partial charge on any atom is 0.258 e. The molecule has 3 aliphatic rings. The van der Waals surface area contributed by atoms with Gasteiger partial charge in [0.05, 0.1) is 40.3 Å². The fourth-order valence-electron chi connectivity index (χ4n) is 8.59. The molecule has 13 nitrogen and oxygen atoms in total. The number of anilines is 3. The van der Waals surface area contributed by atoms with Crippen molar-refractivity contribution in [3.63, 3.8) is 0 Å². The van der Waals surface area contributed by atoms with E-state index in [1.54, 1.807) is 4.68 Å². The summed E-state index contributed by atoms with van der Waals surface area (Å²) in [6.07, 6.45) is 2.68. The minimum absolute atomic E-state index is 0.147. The van der Waals surface area contributed by atoms with Gasteiger partial charge in [0.15, 0.2) is 5.82 Å². The van der Waals surface area contributed by atoms with Crippen molar-refractivity contribution in [3.8, 4) is 11.8 Å². The van der Waals surface area contributed by atoms with Gasteiger partial charge in [-0.05, 0) is 85.3 Å². The molecule has 0 saturated carbocycles. The van der Waals surface area contributed by atoms with Crippen LogP contribution < -0.4 is 20.9 Å². The van der Waals surface area contributed by atoms with Crippen LogP contribution in [0.15, 0.2) is 72.8 Å². The highest BCUT2D eigenvalue weighted by molar-refractivity contribution is 6.11. The number of ether oxygens (including phenoxy) is 1. The number of piperidine rings is 1. The number of amides is 3. The number of benzene rings is 4. The number of carbonyl (C=O) groups is 3. The van der Waals surface area contributed by atoms with Gasteiger partial charge in [0.25, 0.3) is 5.91 Å². The van der Waals surface area contributed by atoms with Gasteiger partial charge in [-0.1, -0.05) is 30.0 Å². The van der Waals surface area contributed by atoms with E-state index >= 15 is 0 Å². The maximum atomic E-state index is 14.0. The van der Waals surface area contributed by atoms with Crippen LogP contribution in [0.1, 0.15) is 64.3 Å². The van der Waals surface area contributed by atoms with Crippen LogP contribution in [-0.2, 0) is 27.8 Å². The molecule has 3 amide bonds. The number of nitrogens with zero attached hydrogens (tertiary/aromatic N) is 5. The summed E-state index contributed by atoms with van der Waals surface area (Å²) in [6, 6.07) is 20.9. The molecule has 312 valence electrons. The van der Waals surface area contributed by atoms with Crippen molar-refractivity contribution < 1.29 is 27.9 Å². The largest absolute Gasteiger partial charge is 0.381 e. The highest BCUT2D eigenvalue weighted by Gasteiger charge is 2.32. The third-order valence-electron chi connectivity index (χ3n) is 11.7. The Labute approximate surface area is 350 Å². The molecule has 0 radical (unpaired) electrons. The van der Waals surface area contributed by atoms with Crippen molar-refractivity contribution in [1.29, 1.82) is 0 Å². The number of imide groups is 1. The average Bonchev–Trinajstić information content (AvgIpc) is 3.80. The lowest BCUT2D eigenvalue weighted by molar-refractivity contribution is -0.134. The van der Waals surface area contributed by atoms with Gasteiger partial charge in [-0.3, -0.25) is 34.4 Å². The zero-order chi connectivity index (χ0) is 42.0. The first kappa shape index (κ1) is 39.8. The first-order valence-electron chi connectivity index (χ1n) is 20.6. The monoisotopic (exact) mass is 825 g/mol. The molecule has 61 heavy (non-hydrogen) atoms. The Hall–Kier alpha value is -6.63. The summed E-state index contributed by atoms with van der Waals surface area (Å²) in [5.41, 5.74) is 6.64. The molecule has 5 heterocycles. The summed E-state index contributed by atoms with van der Waals surface area (Å²) in [4.78, 5) is 43.0. The number of aromatic nitrogens is 4. The Bertz CT molecular complexity index is 2700. The second kappa shape index (κ2) is 17.2. The minimum atomic E-state index is -0.630. The molecule has 0 spiro atoms. The summed E-state index contributed by atoms with van der Waals surface area (Å²) in [7, 11) is 1.85. The van der Waals surface area contributed by atoms with Crippen molar-refractivity contribution in [3.05, 3.63) is 112 Å². The number of para-hydroxylation sites is 1. The van der Waals surface area contributed by atoms with Gasteiger partial charge in [0.1, 0.15) is 11.6 Å². The molecule has 9 rings (SSSR count). The van der Waals surface area contributed by atoms with Gasteiger partial charge in [0.2, 0.25) is 11.8 Å². The fourth-order valence-corrected chi connectivity index (χ4v) is 8.59. The molecule has 3 saturated heterocycles. The smallest absolute Gasteiger partial charge is 0.258 e. The van der Waals surface area contributed by atoms with E-state index in [0.717, 1.165) is 84.0 Å². The zero-order valence-corrected chi connectivity index (χ0v) is 33.7. The van der Waals surface area contributed by atoms with E-state index in [0.29, 0.717) is 67.0 Å². The van der Waals surface area contributed by atoms with Crippen LogP contribution in [0, 0.1) is 23.5 Å². The van der Waals surface area contributed by atoms with Crippen LogP contribution in [-0.4, -0.2) is 94.6 Å². The van der Waals surface area contributed by atoms with Crippen LogP contribution in [0.5, 0.6) is 0 Å². The maximum absolute atomic E-state index is 14.0. The van der Waals surface area contributed by atoms with Crippen LogP contribution >= 0.6 is 0 Å². The number of aryl methyl sites for hydroxylation is 1. The van der Waals surface area contributed by atoms with Gasteiger partial charge < -0.3 is 20.3 Å². The molecule has 15 heteroatoms. The van der Waals surface area contributed by atoms with Crippen molar-refractivity contribution >= 4 is 56.7 Å². The lowest BCUT2D eigenvalue weighted by Gasteiger charge is -2.35. The Morgan fingerprint density at radius 3 is 2.51 bits per heavy atom. The fraction of sp³-hybridized carbons (Fsp3) is 0.326. The molecule has 2 aromatic heterocycles. The molecule has 6 aromatic rings. The second-order valence-corrected chi connectivity index (χ2v) is 15.9. The van der Waals surface area contributed by atoms with Crippen LogP contribution in [0.3, 0.4) is 0 Å². The molecular weight excluding hydrogens is 781 g/mol. The molecule has 3 aliphatic heterocycles. The Balaban J connectivity index is 0.877. The summed E-state index contributed by atoms with van der Waals surface area (Å²) < 4.78 is 35.1. The van der Waals surface area contributed by atoms with Crippen LogP contribution in [0.25, 0.3) is 21.8 Å². The molecule has 0 bridgehead atoms. The van der Waals surface area contributed by atoms with E-state index in [1.165, 1.54) is 12.1 Å². The lowest BCUT2D eigenvalue weighted by Crippen LogP contribution is -2.46. The number of piperazine rings is 1. The van der Waals surface area contributed by atoms with Gasteiger partial charge in [0, 0.05) is 87.1 Å². The molecular formula is C46H45F2N9O4. The number of hydrogen-bond donors (Lipinski definition) is 4. The van der Waals surface area contributed by atoms with Gasteiger partial charge in [-0.15, -0.1) is 0 Å². The Morgan fingerprint density at radius 1 is 0.918 bits per heavy atom. The van der Waals surface area contributed by atoms with E-state index < -0.39 is 17.6 Å². The number of fused-ring (bicyclic) bond motifs is 2. The number of H-pyrrole nitrogens is 1. The second-order valence-electron chi connectivity index (χ2n) is 15.9. The summed E-state index contributed by atoms with van der Waals surface area (Å²) in [5.74, 6) is 4.46. The van der Waals surface area contributed by atoms with E-state index in [4.69, 9.17) is 9.84 Å². The van der Waals surface area contributed by atoms with E-state index in [1.807, 2.05) is 55.6 Å². The first-order chi connectivity index (χ1) is 29.6. The van der Waals surface area contributed by atoms with Crippen LogP contribution in [0.4, 0.5) is 26.0 Å². The van der Waals surface area contributed by atoms with Crippen molar-refractivity contribution in [1.82, 2.24) is 30.2 Å². The normalized spacial score (nSPS) is 17.6. The SMILES string of the molecule is Cn1nc(C2CCC(=O)NC2=O)c2cccc(C#CCN3CCN(c4ccc(C(=O)Nc5n[nH]c6ccc(Cc7cc(F)cc(F)c7)cc56)c(NC5CCOCC5)c4)CC3)c21. The number of aromatic amines is 1. The molecule has 4 aromatic carbocycles. The average molecular weight is 826 g/mol. The van der Waals surface area contributed by atoms with Crippen LogP contribution in [0.2, 0.25) is 0 Å². The minimum Gasteiger partial charge on any atom is -0.381 e. The predicted octanol–water partition coefficient (Wildman–Crippen LogP) is 5.86. The predicted molar refractivity (Wildman–Crippen MR) is 228 cm³/mol. The van der Waals surface area contributed by atoms with E-state index in [9.17, 15) is 23.2 Å². The standard InChI is InChI=1S/C46H45F2N9O4/c1-55-43-30(4-2-6-36(43)42(54-55)37-10-12-41(58)50-46(37)60)5-3-15-56-16-18-57(19-17-56)34-8-9-35(40(27-34)49-33-13-20-61-21-14-33)45(59)51-44-38-25-28(7-11-39(38)52-53-44)22-29-23-31(47)26-32(48)24-29/h2,4,6-9,11,23-27,33,37,49H,10,12-22H2,1H3,(H,50,58,60)(H2,51,52,53,59). The van der Waals surface area contributed by atoms with E-state index in [2.05, 4.69) is 53.9 Å². The van der Waals surface area contributed by atoms with Gasteiger partial charge in [-0.2, -0.15) is 10.2 Å². The quantitative estimate of drug-likeness (QED) is 0.104. The summed E-state index contributed by atoms with van der Waals surface area (Å²) in [6.45, 7) is 5.04. The lowest BCUT2D eigenvalue weighted by atomic mass is 9.92. The third kappa shape index (κ3) is 8.68. The zero-order valence-electron chi connectivity index (χ0n) is 33.7.